The Hall–Kier alpha value is -0.810. The molecular weight excluding hydrogens is 160 g/mol. The van der Waals surface area contributed by atoms with Crippen LogP contribution in [0.2, 0.25) is 0 Å². The van der Waals surface area contributed by atoms with Crippen molar-refractivity contribution < 1.29 is 14.3 Å². The largest absolute Gasteiger partial charge is 0.353 e. The summed E-state index contributed by atoms with van der Waals surface area (Å²) in [5, 5.41) is 0. The van der Waals surface area contributed by atoms with Crippen molar-refractivity contribution in [1.29, 1.82) is 0 Å². The number of ether oxygens (including phenoxy) is 2. The summed E-state index contributed by atoms with van der Waals surface area (Å²) in [7, 11) is 0. The van der Waals surface area contributed by atoms with Crippen molar-refractivity contribution in [2.24, 2.45) is 11.5 Å². The molecule has 0 saturated heterocycles. The summed E-state index contributed by atoms with van der Waals surface area (Å²) in [4.78, 5) is 9.00. The van der Waals surface area contributed by atoms with Crippen molar-refractivity contribution in [2.75, 3.05) is 13.2 Å². The second kappa shape index (κ2) is 10.2. The molecule has 0 heterocycles. The summed E-state index contributed by atoms with van der Waals surface area (Å²) in [6, 6.07) is -0.833. The van der Waals surface area contributed by atoms with E-state index in [2.05, 4.69) is 11.5 Å². The third-order valence-corrected chi connectivity index (χ3v) is 0.803. The highest BCUT2D eigenvalue weighted by atomic mass is 16.7. The smallest absolute Gasteiger partial charge is 0.309 e. The Kier molecular flexibility index (Phi) is 11.7. The highest BCUT2D eigenvalue weighted by Gasteiger charge is 1.94. The molecular formula is C7H18N2O3. The topological polar surface area (TPSA) is 87.6 Å². The van der Waals surface area contributed by atoms with Crippen LogP contribution < -0.4 is 11.5 Å². The molecule has 74 valence electrons. The fourth-order valence-corrected chi connectivity index (χ4v) is 0.518. The molecule has 0 spiro atoms. The number of nitrogens with two attached hydrogens (primary N) is 2. The van der Waals surface area contributed by atoms with Crippen LogP contribution in [0.3, 0.4) is 0 Å². The van der Waals surface area contributed by atoms with Gasteiger partial charge in [0.15, 0.2) is 6.29 Å². The van der Waals surface area contributed by atoms with Crippen LogP contribution in [0.5, 0.6) is 0 Å². The van der Waals surface area contributed by atoms with Crippen molar-refractivity contribution >= 4 is 6.03 Å². The Morgan fingerprint density at radius 2 is 1.50 bits per heavy atom. The summed E-state index contributed by atoms with van der Waals surface area (Å²) in [5.74, 6) is 0. The first-order valence-electron chi connectivity index (χ1n) is 3.82. The zero-order valence-electron chi connectivity index (χ0n) is 7.87. The summed E-state index contributed by atoms with van der Waals surface area (Å²) < 4.78 is 10.1. The maximum Gasteiger partial charge on any atom is 0.309 e. The Balaban J connectivity index is 0. The predicted octanol–water partition coefficient (Wildman–Crippen LogP) is 0.429. The van der Waals surface area contributed by atoms with Crippen molar-refractivity contribution in [3.8, 4) is 0 Å². The van der Waals surface area contributed by atoms with Gasteiger partial charge in [-0.25, -0.2) is 4.79 Å². The van der Waals surface area contributed by atoms with Crippen molar-refractivity contribution in [3.05, 3.63) is 0 Å². The lowest BCUT2D eigenvalue weighted by atomic mass is 10.7. The zero-order valence-corrected chi connectivity index (χ0v) is 7.87. The molecule has 0 aliphatic heterocycles. The molecule has 2 amide bonds. The van der Waals surface area contributed by atoms with Gasteiger partial charge in [-0.2, -0.15) is 0 Å². The number of amides is 2. The number of carbonyl (C=O) groups excluding carboxylic acids is 1. The summed E-state index contributed by atoms with van der Waals surface area (Å²) in [6.07, 6.45) is -0.0370. The summed E-state index contributed by atoms with van der Waals surface area (Å²) in [6.45, 7) is 7.25. The van der Waals surface area contributed by atoms with Gasteiger partial charge in [0.25, 0.3) is 0 Å². The third kappa shape index (κ3) is 22.9. The number of rotatable bonds is 4. The van der Waals surface area contributed by atoms with E-state index < -0.39 is 6.03 Å². The number of primary amides is 2. The Morgan fingerprint density at radius 1 is 1.25 bits per heavy atom. The summed E-state index contributed by atoms with van der Waals surface area (Å²) in [5.41, 5.74) is 8.50. The van der Waals surface area contributed by atoms with E-state index in [1.807, 2.05) is 20.8 Å². The summed E-state index contributed by atoms with van der Waals surface area (Å²) >= 11 is 0. The Morgan fingerprint density at radius 3 is 1.67 bits per heavy atom. The van der Waals surface area contributed by atoms with Crippen LogP contribution in [0.25, 0.3) is 0 Å². The lowest BCUT2D eigenvalue weighted by Gasteiger charge is -2.09. The third-order valence-electron chi connectivity index (χ3n) is 0.803. The number of hydrogen-bond acceptors (Lipinski definition) is 3. The fourth-order valence-electron chi connectivity index (χ4n) is 0.518. The molecule has 0 unspecified atom stereocenters. The van der Waals surface area contributed by atoms with Gasteiger partial charge in [0, 0.05) is 13.2 Å². The van der Waals surface area contributed by atoms with Crippen LogP contribution in [-0.2, 0) is 9.47 Å². The van der Waals surface area contributed by atoms with E-state index in [1.165, 1.54) is 0 Å². The first-order chi connectivity index (χ1) is 5.54. The van der Waals surface area contributed by atoms with Gasteiger partial charge in [-0.15, -0.1) is 0 Å². The van der Waals surface area contributed by atoms with Gasteiger partial charge >= 0.3 is 6.03 Å². The number of hydrogen-bond donors (Lipinski definition) is 2. The van der Waals surface area contributed by atoms with E-state index >= 15 is 0 Å². The molecule has 0 radical (unpaired) electrons. The van der Waals surface area contributed by atoms with Crippen LogP contribution in [0, 0.1) is 0 Å². The molecule has 0 aromatic carbocycles. The maximum absolute atomic E-state index is 9.00. The molecule has 0 atom stereocenters. The minimum Gasteiger partial charge on any atom is -0.353 e. The average Bonchev–Trinajstić information content (AvgIpc) is 1.87. The highest BCUT2D eigenvalue weighted by molar-refractivity contribution is 5.69. The van der Waals surface area contributed by atoms with Crippen LogP contribution in [0.1, 0.15) is 20.8 Å². The molecule has 0 aliphatic carbocycles. The fraction of sp³-hybridized carbons (Fsp3) is 0.857. The molecule has 0 bridgehead atoms. The van der Waals surface area contributed by atoms with E-state index in [-0.39, 0.29) is 6.29 Å². The van der Waals surface area contributed by atoms with Crippen molar-refractivity contribution in [2.45, 2.75) is 27.1 Å². The van der Waals surface area contributed by atoms with E-state index in [9.17, 15) is 0 Å². The maximum atomic E-state index is 9.00. The van der Waals surface area contributed by atoms with Crippen molar-refractivity contribution in [1.82, 2.24) is 0 Å². The first-order valence-corrected chi connectivity index (χ1v) is 3.82. The Bertz CT molecular complexity index is 98.8. The van der Waals surface area contributed by atoms with Gasteiger partial charge < -0.3 is 20.9 Å². The highest BCUT2D eigenvalue weighted by Crippen LogP contribution is 1.90. The molecule has 12 heavy (non-hydrogen) atoms. The number of carbonyl (C=O) groups is 1. The van der Waals surface area contributed by atoms with E-state index in [4.69, 9.17) is 14.3 Å². The van der Waals surface area contributed by atoms with Crippen LogP contribution in [0.4, 0.5) is 4.79 Å². The molecule has 5 nitrogen and oxygen atoms in total. The molecule has 0 rings (SSSR count). The molecule has 0 saturated carbocycles. The van der Waals surface area contributed by atoms with E-state index in [0.29, 0.717) is 0 Å². The van der Waals surface area contributed by atoms with E-state index in [0.717, 1.165) is 13.2 Å². The zero-order chi connectivity index (χ0) is 9.98. The SMILES string of the molecule is CCOC(C)OCC.NC(N)=O. The van der Waals surface area contributed by atoms with Gasteiger partial charge in [0.05, 0.1) is 0 Å². The van der Waals surface area contributed by atoms with Crippen LogP contribution in [-0.4, -0.2) is 25.5 Å². The first kappa shape index (κ1) is 13.8. The quantitative estimate of drug-likeness (QED) is 0.612. The molecule has 0 aromatic heterocycles. The van der Waals surface area contributed by atoms with Gasteiger partial charge in [0.1, 0.15) is 0 Å². The van der Waals surface area contributed by atoms with Crippen molar-refractivity contribution in [3.63, 3.8) is 0 Å². The molecule has 5 heteroatoms. The molecule has 0 aromatic rings. The normalized spacial score (nSPS) is 9.00. The predicted molar refractivity (Wildman–Crippen MR) is 46.5 cm³/mol. The minimum atomic E-state index is -0.833. The van der Waals surface area contributed by atoms with Crippen LogP contribution in [0.15, 0.2) is 0 Å². The molecule has 4 N–H and O–H groups in total. The second-order valence-electron chi connectivity index (χ2n) is 1.88. The average molecular weight is 178 g/mol. The minimum absolute atomic E-state index is 0.0370. The Labute approximate surface area is 73.0 Å². The number of urea groups is 1. The standard InChI is InChI=1S/C6H14O2.CH4N2O/c1-4-7-6(3)8-5-2;2-1(3)4/h6H,4-5H2,1-3H3;(H4,2,3,4). The molecule has 0 aliphatic rings. The molecule has 0 fully saturated rings. The van der Waals surface area contributed by atoms with Gasteiger partial charge in [-0.05, 0) is 20.8 Å². The second-order valence-corrected chi connectivity index (χ2v) is 1.88. The lowest BCUT2D eigenvalue weighted by Crippen LogP contribution is -2.18. The lowest BCUT2D eigenvalue weighted by molar-refractivity contribution is -0.123. The van der Waals surface area contributed by atoms with Gasteiger partial charge in [-0.1, -0.05) is 0 Å². The van der Waals surface area contributed by atoms with Gasteiger partial charge in [-0.3, -0.25) is 0 Å². The van der Waals surface area contributed by atoms with Gasteiger partial charge in [0.2, 0.25) is 0 Å². The van der Waals surface area contributed by atoms with Crippen LogP contribution >= 0.6 is 0 Å². The van der Waals surface area contributed by atoms with E-state index in [1.54, 1.807) is 0 Å². The monoisotopic (exact) mass is 178 g/mol.